The Hall–Kier alpha value is -1.39. The van der Waals surface area contributed by atoms with Crippen LogP contribution in [-0.4, -0.2) is 32.4 Å². The number of ether oxygens (including phenoxy) is 2. The van der Waals surface area contributed by atoms with Crippen molar-refractivity contribution in [2.75, 3.05) is 14.2 Å². The molecule has 0 aromatic carbocycles. The van der Waals surface area contributed by atoms with E-state index in [1.54, 1.807) is 0 Å². The lowest BCUT2D eigenvalue weighted by Gasteiger charge is -1.95. The summed E-state index contributed by atoms with van der Waals surface area (Å²) in [6.45, 7) is 0. The summed E-state index contributed by atoms with van der Waals surface area (Å²) >= 11 is 0. The summed E-state index contributed by atoms with van der Waals surface area (Å²) in [7, 11) is 2.44. The standard InChI is InChI=1S/C8H10O5/c1-12-7(10)5-4(3-9)6(5)8(11)13-2/h3-6H,1-2H3/t4?,5-,6?/m1/s1. The zero-order chi connectivity index (χ0) is 10.0. The Labute approximate surface area is 75.0 Å². The van der Waals surface area contributed by atoms with Crippen LogP contribution in [0.2, 0.25) is 0 Å². The van der Waals surface area contributed by atoms with Crippen molar-refractivity contribution in [3.8, 4) is 0 Å². The molecule has 0 radical (unpaired) electrons. The first-order valence-corrected chi connectivity index (χ1v) is 3.78. The van der Waals surface area contributed by atoms with Crippen LogP contribution in [0.3, 0.4) is 0 Å². The number of carbonyl (C=O) groups excluding carboxylic acids is 3. The highest BCUT2D eigenvalue weighted by molar-refractivity contribution is 5.93. The van der Waals surface area contributed by atoms with Gasteiger partial charge in [-0.2, -0.15) is 0 Å². The molecular formula is C8H10O5. The van der Waals surface area contributed by atoms with Gasteiger partial charge in [0.25, 0.3) is 0 Å². The van der Waals surface area contributed by atoms with Crippen molar-refractivity contribution in [2.24, 2.45) is 17.8 Å². The van der Waals surface area contributed by atoms with Crippen LogP contribution in [0.15, 0.2) is 0 Å². The molecule has 0 aromatic heterocycles. The van der Waals surface area contributed by atoms with E-state index in [9.17, 15) is 14.4 Å². The van der Waals surface area contributed by atoms with Crippen LogP contribution in [0.25, 0.3) is 0 Å². The molecule has 72 valence electrons. The van der Waals surface area contributed by atoms with Crippen LogP contribution < -0.4 is 0 Å². The molecule has 0 spiro atoms. The van der Waals surface area contributed by atoms with Gasteiger partial charge in [-0.1, -0.05) is 0 Å². The molecule has 1 aliphatic carbocycles. The summed E-state index contributed by atoms with van der Waals surface area (Å²) in [5.41, 5.74) is 0. The average Bonchev–Trinajstić information content (AvgIpc) is 2.89. The van der Waals surface area contributed by atoms with Gasteiger partial charge in [0.1, 0.15) is 6.29 Å². The molecule has 1 aliphatic rings. The largest absolute Gasteiger partial charge is 0.469 e. The number of esters is 2. The van der Waals surface area contributed by atoms with Crippen LogP contribution in [0.1, 0.15) is 0 Å². The van der Waals surface area contributed by atoms with E-state index in [-0.39, 0.29) is 0 Å². The predicted molar refractivity (Wildman–Crippen MR) is 40.6 cm³/mol. The zero-order valence-corrected chi connectivity index (χ0v) is 7.35. The first-order valence-electron chi connectivity index (χ1n) is 3.78. The Bertz CT molecular complexity index is 225. The second kappa shape index (κ2) is 3.55. The highest BCUT2D eigenvalue weighted by atomic mass is 16.5. The molecule has 0 bridgehead atoms. The molecule has 13 heavy (non-hydrogen) atoms. The summed E-state index contributed by atoms with van der Waals surface area (Å²) in [6.07, 6.45) is 0.586. The second-order valence-electron chi connectivity index (χ2n) is 2.81. The number of hydrogen-bond acceptors (Lipinski definition) is 5. The first-order chi connectivity index (χ1) is 6.17. The highest BCUT2D eigenvalue weighted by Crippen LogP contribution is 2.46. The monoisotopic (exact) mass is 186 g/mol. The number of aldehydes is 1. The lowest BCUT2D eigenvalue weighted by Crippen LogP contribution is -2.10. The molecule has 0 N–H and O–H groups in total. The van der Waals surface area contributed by atoms with E-state index in [0.29, 0.717) is 6.29 Å². The van der Waals surface area contributed by atoms with Gasteiger partial charge < -0.3 is 14.3 Å². The van der Waals surface area contributed by atoms with Gasteiger partial charge >= 0.3 is 11.9 Å². The maximum atomic E-state index is 11.0. The molecule has 0 aliphatic heterocycles. The maximum Gasteiger partial charge on any atom is 0.310 e. The molecular weight excluding hydrogens is 176 g/mol. The van der Waals surface area contributed by atoms with Crippen molar-refractivity contribution < 1.29 is 23.9 Å². The Balaban J connectivity index is 2.64. The Morgan fingerprint density at radius 2 is 1.46 bits per heavy atom. The summed E-state index contributed by atoms with van der Waals surface area (Å²) < 4.78 is 8.85. The molecule has 2 unspecified atom stereocenters. The third kappa shape index (κ3) is 1.54. The van der Waals surface area contributed by atoms with Crippen LogP contribution in [0.4, 0.5) is 0 Å². The van der Waals surface area contributed by atoms with E-state index in [1.807, 2.05) is 0 Å². The average molecular weight is 186 g/mol. The molecule has 1 fully saturated rings. The lowest BCUT2D eigenvalue weighted by molar-refractivity contribution is -0.148. The van der Waals surface area contributed by atoms with Crippen LogP contribution in [0.5, 0.6) is 0 Å². The fourth-order valence-electron chi connectivity index (χ4n) is 1.38. The Kier molecular flexibility index (Phi) is 2.65. The molecule has 0 heterocycles. The quantitative estimate of drug-likeness (QED) is 0.434. The van der Waals surface area contributed by atoms with E-state index in [0.717, 1.165) is 0 Å². The van der Waals surface area contributed by atoms with Gasteiger partial charge in [-0.15, -0.1) is 0 Å². The predicted octanol–water partition coefficient (Wildman–Crippen LogP) is -0.607. The molecule has 0 aromatic rings. The highest BCUT2D eigenvalue weighted by Gasteiger charge is 2.60. The van der Waals surface area contributed by atoms with Gasteiger partial charge in [0.2, 0.25) is 0 Å². The van der Waals surface area contributed by atoms with Gasteiger partial charge in [-0.25, -0.2) is 0 Å². The minimum Gasteiger partial charge on any atom is -0.469 e. The third-order valence-corrected chi connectivity index (χ3v) is 2.18. The fourth-order valence-corrected chi connectivity index (χ4v) is 1.38. The number of hydrogen-bond donors (Lipinski definition) is 0. The zero-order valence-electron chi connectivity index (χ0n) is 7.35. The van der Waals surface area contributed by atoms with Crippen molar-refractivity contribution in [1.82, 2.24) is 0 Å². The molecule has 1 rings (SSSR count). The van der Waals surface area contributed by atoms with Crippen LogP contribution in [0, 0.1) is 17.8 Å². The van der Waals surface area contributed by atoms with Crippen molar-refractivity contribution >= 4 is 18.2 Å². The molecule has 0 saturated heterocycles. The molecule has 5 nitrogen and oxygen atoms in total. The third-order valence-electron chi connectivity index (χ3n) is 2.18. The second-order valence-corrected chi connectivity index (χ2v) is 2.81. The van der Waals surface area contributed by atoms with Gasteiger partial charge in [0, 0.05) is 5.92 Å². The summed E-state index contributed by atoms with van der Waals surface area (Å²) in [6, 6.07) is 0. The minimum atomic E-state index is -0.644. The molecule has 3 atom stereocenters. The number of rotatable bonds is 3. The minimum absolute atomic E-state index is 0.535. The lowest BCUT2D eigenvalue weighted by atomic mass is 10.3. The van der Waals surface area contributed by atoms with Gasteiger partial charge in [-0.05, 0) is 0 Å². The molecule has 0 amide bonds. The number of methoxy groups -OCH3 is 2. The van der Waals surface area contributed by atoms with Gasteiger partial charge in [0.05, 0.1) is 26.1 Å². The summed E-state index contributed by atoms with van der Waals surface area (Å²) in [4.78, 5) is 32.4. The Morgan fingerprint density at radius 1 is 1.08 bits per heavy atom. The van der Waals surface area contributed by atoms with E-state index in [1.165, 1.54) is 14.2 Å². The van der Waals surface area contributed by atoms with E-state index >= 15 is 0 Å². The van der Waals surface area contributed by atoms with E-state index < -0.39 is 29.7 Å². The maximum absolute atomic E-state index is 11.0. The van der Waals surface area contributed by atoms with Crippen molar-refractivity contribution in [2.45, 2.75) is 0 Å². The summed E-state index contributed by atoms with van der Waals surface area (Å²) in [5, 5.41) is 0. The first kappa shape index (κ1) is 9.70. The molecule has 1 saturated carbocycles. The molecule has 5 heteroatoms. The topological polar surface area (TPSA) is 69.7 Å². The van der Waals surface area contributed by atoms with Crippen molar-refractivity contribution in [3.63, 3.8) is 0 Å². The van der Waals surface area contributed by atoms with E-state index in [4.69, 9.17) is 0 Å². The van der Waals surface area contributed by atoms with Crippen LogP contribution >= 0.6 is 0 Å². The van der Waals surface area contributed by atoms with Gasteiger partial charge in [-0.3, -0.25) is 9.59 Å². The SMILES string of the molecule is COC(=O)C1C(C=O)[C@H]1C(=O)OC. The smallest absolute Gasteiger partial charge is 0.310 e. The number of carbonyl (C=O) groups is 3. The van der Waals surface area contributed by atoms with Crippen molar-refractivity contribution in [1.29, 1.82) is 0 Å². The van der Waals surface area contributed by atoms with Crippen LogP contribution in [-0.2, 0) is 23.9 Å². The van der Waals surface area contributed by atoms with Gasteiger partial charge in [0.15, 0.2) is 0 Å². The van der Waals surface area contributed by atoms with E-state index in [2.05, 4.69) is 9.47 Å². The van der Waals surface area contributed by atoms with Crippen molar-refractivity contribution in [3.05, 3.63) is 0 Å². The normalized spacial score (nSPS) is 30.5. The Morgan fingerprint density at radius 3 is 1.69 bits per heavy atom. The summed E-state index contributed by atoms with van der Waals surface area (Å²) in [5.74, 6) is -2.93. The fraction of sp³-hybridized carbons (Fsp3) is 0.625.